The molecule has 0 saturated carbocycles. The van der Waals surface area contributed by atoms with Gasteiger partial charge in [0.05, 0.1) is 24.1 Å². The molecular formula is C10H9ClN4. The van der Waals surface area contributed by atoms with E-state index in [0.717, 1.165) is 11.4 Å². The lowest BCUT2D eigenvalue weighted by atomic mass is 10.3. The zero-order valence-electron chi connectivity index (χ0n) is 7.89. The van der Waals surface area contributed by atoms with Gasteiger partial charge in [0.25, 0.3) is 0 Å². The van der Waals surface area contributed by atoms with Crippen molar-refractivity contribution < 1.29 is 0 Å². The highest BCUT2D eigenvalue weighted by Gasteiger charge is 1.95. The third-order valence-electron chi connectivity index (χ3n) is 1.84. The van der Waals surface area contributed by atoms with E-state index in [1.165, 1.54) is 6.33 Å². The number of rotatable bonds is 3. The van der Waals surface area contributed by atoms with Crippen molar-refractivity contribution in [3.63, 3.8) is 0 Å². The Balaban J connectivity index is 1.96. The van der Waals surface area contributed by atoms with E-state index in [2.05, 4.69) is 20.3 Å². The lowest BCUT2D eigenvalue weighted by molar-refractivity contribution is 1.00. The molecule has 2 aromatic rings. The Labute approximate surface area is 92.4 Å². The van der Waals surface area contributed by atoms with Gasteiger partial charge in [-0.1, -0.05) is 11.6 Å². The van der Waals surface area contributed by atoms with Gasteiger partial charge in [-0.15, -0.1) is 0 Å². The van der Waals surface area contributed by atoms with Crippen LogP contribution < -0.4 is 5.32 Å². The molecule has 15 heavy (non-hydrogen) atoms. The number of aromatic nitrogens is 3. The Bertz CT molecular complexity index is 415. The number of hydrogen-bond acceptors (Lipinski definition) is 4. The minimum atomic E-state index is 0.489. The van der Waals surface area contributed by atoms with E-state index >= 15 is 0 Å². The molecule has 0 aliphatic rings. The topological polar surface area (TPSA) is 50.7 Å². The average molecular weight is 221 g/mol. The summed E-state index contributed by atoms with van der Waals surface area (Å²) in [4.78, 5) is 11.9. The number of nitrogens with zero attached hydrogens (tertiary/aromatic N) is 3. The van der Waals surface area contributed by atoms with Crippen LogP contribution in [0.4, 0.5) is 5.69 Å². The minimum absolute atomic E-state index is 0.489. The van der Waals surface area contributed by atoms with Gasteiger partial charge in [-0.05, 0) is 18.2 Å². The molecule has 0 aliphatic carbocycles. The van der Waals surface area contributed by atoms with Gasteiger partial charge in [0.15, 0.2) is 0 Å². The highest BCUT2D eigenvalue weighted by atomic mass is 35.5. The lowest BCUT2D eigenvalue weighted by Crippen LogP contribution is -2.01. The minimum Gasteiger partial charge on any atom is -0.378 e. The molecule has 0 atom stereocenters. The van der Waals surface area contributed by atoms with Crippen molar-refractivity contribution in [2.24, 2.45) is 0 Å². The number of nitrogens with one attached hydrogen (secondary N) is 1. The van der Waals surface area contributed by atoms with Crippen LogP contribution in [0.1, 0.15) is 5.69 Å². The molecule has 0 unspecified atom stereocenters. The summed E-state index contributed by atoms with van der Waals surface area (Å²) in [5.74, 6) is 0. The third-order valence-corrected chi connectivity index (χ3v) is 2.07. The van der Waals surface area contributed by atoms with Crippen LogP contribution >= 0.6 is 11.6 Å². The molecule has 0 saturated heterocycles. The van der Waals surface area contributed by atoms with Crippen molar-refractivity contribution in [2.75, 3.05) is 5.32 Å². The monoisotopic (exact) mass is 220 g/mol. The summed E-state index contributed by atoms with van der Waals surface area (Å²) in [6.45, 7) is 0.645. The van der Waals surface area contributed by atoms with Crippen molar-refractivity contribution in [3.8, 4) is 0 Å². The van der Waals surface area contributed by atoms with Crippen molar-refractivity contribution in [3.05, 3.63) is 47.8 Å². The summed E-state index contributed by atoms with van der Waals surface area (Å²) in [6.07, 6.45) is 4.92. The zero-order chi connectivity index (χ0) is 10.5. The summed E-state index contributed by atoms with van der Waals surface area (Å²) in [7, 11) is 0. The van der Waals surface area contributed by atoms with Crippen LogP contribution in [0.25, 0.3) is 0 Å². The molecule has 76 valence electrons. The fourth-order valence-corrected chi connectivity index (χ4v) is 1.21. The second kappa shape index (κ2) is 4.70. The van der Waals surface area contributed by atoms with Gasteiger partial charge in [0.2, 0.25) is 0 Å². The molecule has 0 aromatic carbocycles. The highest BCUT2D eigenvalue weighted by Crippen LogP contribution is 2.10. The van der Waals surface area contributed by atoms with Gasteiger partial charge in [-0.2, -0.15) is 0 Å². The van der Waals surface area contributed by atoms with Gasteiger partial charge in [0, 0.05) is 6.20 Å². The van der Waals surface area contributed by atoms with Crippen molar-refractivity contribution >= 4 is 17.3 Å². The van der Waals surface area contributed by atoms with Crippen molar-refractivity contribution in [2.45, 2.75) is 6.54 Å². The first-order valence-electron chi connectivity index (χ1n) is 4.45. The summed E-state index contributed by atoms with van der Waals surface area (Å²) in [6, 6.07) is 5.47. The molecule has 0 bridgehead atoms. The van der Waals surface area contributed by atoms with Gasteiger partial charge in [-0.25, -0.2) is 15.0 Å². The van der Waals surface area contributed by atoms with Gasteiger partial charge >= 0.3 is 0 Å². The average Bonchev–Trinajstić information content (AvgIpc) is 2.30. The van der Waals surface area contributed by atoms with E-state index in [1.807, 2.05) is 12.1 Å². The Hall–Kier alpha value is -1.68. The molecule has 0 radical (unpaired) electrons. The molecule has 4 nitrogen and oxygen atoms in total. The van der Waals surface area contributed by atoms with Crippen molar-refractivity contribution in [1.29, 1.82) is 0 Å². The normalized spacial score (nSPS) is 9.93. The van der Waals surface area contributed by atoms with Gasteiger partial charge < -0.3 is 5.32 Å². The summed E-state index contributed by atoms with van der Waals surface area (Å²) in [5, 5.41) is 3.67. The quantitative estimate of drug-likeness (QED) is 0.806. The molecule has 1 N–H and O–H groups in total. The molecule has 2 heterocycles. The molecule has 5 heteroatoms. The second-order valence-electron chi connectivity index (χ2n) is 2.92. The number of halogens is 1. The fraction of sp³-hybridized carbons (Fsp3) is 0.100. The smallest absolute Gasteiger partial charge is 0.129 e. The van der Waals surface area contributed by atoms with Crippen LogP contribution in [0.3, 0.4) is 0 Å². The van der Waals surface area contributed by atoms with Crippen LogP contribution in [-0.4, -0.2) is 15.0 Å². The van der Waals surface area contributed by atoms with Crippen LogP contribution in [0.5, 0.6) is 0 Å². The van der Waals surface area contributed by atoms with E-state index in [4.69, 9.17) is 11.6 Å². The van der Waals surface area contributed by atoms with Gasteiger partial charge in [-0.3, -0.25) is 0 Å². The first kappa shape index (κ1) is 9.86. The number of hydrogen-bond donors (Lipinski definition) is 1. The zero-order valence-corrected chi connectivity index (χ0v) is 8.65. The van der Waals surface area contributed by atoms with Crippen LogP contribution in [0.15, 0.2) is 36.9 Å². The molecule has 0 fully saturated rings. The first-order chi connectivity index (χ1) is 7.34. The van der Waals surface area contributed by atoms with E-state index in [1.54, 1.807) is 18.5 Å². The largest absolute Gasteiger partial charge is 0.378 e. The maximum atomic E-state index is 5.67. The Morgan fingerprint density at radius 2 is 2.13 bits per heavy atom. The molecule has 0 amide bonds. The van der Waals surface area contributed by atoms with Crippen molar-refractivity contribution in [1.82, 2.24) is 15.0 Å². The van der Waals surface area contributed by atoms with Crippen LogP contribution in [-0.2, 0) is 6.54 Å². The Kier molecular flexibility index (Phi) is 3.09. The van der Waals surface area contributed by atoms with E-state index < -0.39 is 0 Å². The maximum absolute atomic E-state index is 5.67. The Morgan fingerprint density at radius 1 is 1.20 bits per heavy atom. The Morgan fingerprint density at radius 3 is 2.80 bits per heavy atom. The molecule has 0 spiro atoms. The fourth-order valence-electron chi connectivity index (χ4n) is 1.10. The predicted octanol–water partition coefficient (Wildman–Crippen LogP) is 2.14. The summed E-state index contributed by atoms with van der Waals surface area (Å²) < 4.78 is 0. The standard InChI is InChI=1S/C10H9ClN4/c11-10-2-1-8(6-14-10)13-5-9-3-4-12-7-15-9/h1-4,6-7,13H,5H2. The first-order valence-corrected chi connectivity index (χ1v) is 4.83. The molecule has 2 aromatic heterocycles. The lowest BCUT2D eigenvalue weighted by Gasteiger charge is -2.04. The summed E-state index contributed by atoms with van der Waals surface area (Å²) >= 11 is 5.67. The number of anilines is 1. The van der Waals surface area contributed by atoms with Crippen LogP contribution in [0, 0.1) is 0 Å². The predicted molar refractivity (Wildman–Crippen MR) is 58.6 cm³/mol. The summed E-state index contributed by atoms with van der Waals surface area (Å²) in [5.41, 5.74) is 1.85. The van der Waals surface area contributed by atoms with E-state index in [-0.39, 0.29) is 0 Å². The number of pyridine rings is 1. The van der Waals surface area contributed by atoms with E-state index in [0.29, 0.717) is 11.7 Å². The molecule has 2 rings (SSSR count). The van der Waals surface area contributed by atoms with Gasteiger partial charge in [0.1, 0.15) is 11.5 Å². The third kappa shape index (κ3) is 2.89. The van der Waals surface area contributed by atoms with E-state index in [9.17, 15) is 0 Å². The maximum Gasteiger partial charge on any atom is 0.129 e. The second-order valence-corrected chi connectivity index (χ2v) is 3.31. The molecular weight excluding hydrogens is 212 g/mol. The SMILES string of the molecule is Clc1ccc(NCc2ccncn2)cn1. The molecule has 0 aliphatic heterocycles. The van der Waals surface area contributed by atoms with Crippen LogP contribution in [0.2, 0.25) is 5.15 Å². The highest BCUT2D eigenvalue weighted by molar-refractivity contribution is 6.29.